The lowest BCUT2D eigenvalue weighted by Gasteiger charge is -2.43. The highest BCUT2D eigenvalue weighted by atomic mass is 19.4. The average Bonchev–Trinajstić information content (AvgIpc) is 3.01. The van der Waals surface area contributed by atoms with E-state index in [9.17, 15) is 35.9 Å². The fourth-order valence-electron chi connectivity index (χ4n) is 3.53. The van der Waals surface area contributed by atoms with E-state index in [0.717, 1.165) is 4.90 Å². The van der Waals surface area contributed by atoms with Crippen molar-refractivity contribution in [3.8, 4) is 0 Å². The lowest BCUT2D eigenvalue weighted by Crippen LogP contribution is -2.58. The topological polar surface area (TPSA) is 49.9 Å². The Labute approximate surface area is 159 Å². The molecule has 2 amide bonds. The molecule has 0 aromatic heterocycles. The number of amides is 2. The highest BCUT2D eigenvalue weighted by Gasteiger charge is 2.63. The van der Waals surface area contributed by atoms with E-state index in [1.54, 1.807) is 20.8 Å². The van der Waals surface area contributed by atoms with Crippen molar-refractivity contribution in [3.63, 3.8) is 0 Å². The number of piperidine rings is 1. The van der Waals surface area contributed by atoms with E-state index in [0.29, 0.717) is 4.90 Å². The SMILES string of the molecule is CC(C)(C)OC(=O)N1CCC(C(=O)N2CC[C@@H](C(F)(F)F)C2)(C(F)(F)F)CC1. The molecule has 2 aliphatic rings. The number of hydrogen-bond acceptors (Lipinski definition) is 3. The van der Waals surface area contributed by atoms with Gasteiger partial charge in [0.05, 0.1) is 5.92 Å². The Balaban J connectivity index is 2.13. The zero-order chi connectivity index (χ0) is 21.5. The van der Waals surface area contributed by atoms with Crippen LogP contribution in [0.15, 0.2) is 0 Å². The quantitative estimate of drug-likeness (QED) is 0.606. The van der Waals surface area contributed by atoms with Gasteiger partial charge in [0.1, 0.15) is 11.0 Å². The summed E-state index contributed by atoms with van der Waals surface area (Å²) in [7, 11) is 0. The molecule has 1 atom stereocenters. The lowest BCUT2D eigenvalue weighted by molar-refractivity contribution is -0.237. The van der Waals surface area contributed by atoms with Crippen LogP contribution in [0.3, 0.4) is 0 Å². The number of likely N-dealkylation sites (tertiary alicyclic amines) is 2. The van der Waals surface area contributed by atoms with Crippen LogP contribution in [0.2, 0.25) is 0 Å². The Morgan fingerprint density at radius 1 is 0.929 bits per heavy atom. The lowest BCUT2D eigenvalue weighted by atomic mass is 9.76. The molecule has 0 spiro atoms. The fourth-order valence-corrected chi connectivity index (χ4v) is 3.53. The number of carbonyl (C=O) groups is 2. The van der Waals surface area contributed by atoms with Gasteiger partial charge in [-0.2, -0.15) is 26.3 Å². The summed E-state index contributed by atoms with van der Waals surface area (Å²) < 4.78 is 85.1. The number of nitrogens with zero attached hydrogens (tertiary/aromatic N) is 2. The van der Waals surface area contributed by atoms with Gasteiger partial charge in [0.2, 0.25) is 5.91 Å². The van der Waals surface area contributed by atoms with Crippen LogP contribution in [0.1, 0.15) is 40.0 Å². The molecule has 2 aliphatic heterocycles. The van der Waals surface area contributed by atoms with Crippen molar-refractivity contribution >= 4 is 12.0 Å². The highest BCUT2D eigenvalue weighted by Crippen LogP contribution is 2.49. The van der Waals surface area contributed by atoms with Crippen LogP contribution < -0.4 is 0 Å². The first-order valence-corrected chi connectivity index (χ1v) is 8.97. The van der Waals surface area contributed by atoms with E-state index < -0.39 is 67.1 Å². The van der Waals surface area contributed by atoms with Gasteiger partial charge in [0, 0.05) is 26.2 Å². The highest BCUT2D eigenvalue weighted by molar-refractivity contribution is 5.84. The number of rotatable bonds is 1. The summed E-state index contributed by atoms with van der Waals surface area (Å²) in [6, 6.07) is 0. The van der Waals surface area contributed by atoms with E-state index in [4.69, 9.17) is 4.74 Å². The monoisotopic (exact) mass is 418 g/mol. The third-order valence-corrected chi connectivity index (χ3v) is 5.16. The Morgan fingerprint density at radius 2 is 1.46 bits per heavy atom. The van der Waals surface area contributed by atoms with Crippen LogP contribution in [0, 0.1) is 11.3 Å². The van der Waals surface area contributed by atoms with E-state index in [2.05, 4.69) is 0 Å². The predicted molar refractivity (Wildman–Crippen MR) is 86.3 cm³/mol. The summed E-state index contributed by atoms with van der Waals surface area (Å²) in [5, 5.41) is 0. The molecular formula is C17H24F6N2O3. The molecule has 28 heavy (non-hydrogen) atoms. The van der Waals surface area contributed by atoms with Gasteiger partial charge in [0.15, 0.2) is 0 Å². The van der Waals surface area contributed by atoms with Gasteiger partial charge in [-0.1, -0.05) is 0 Å². The van der Waals surface area contributed by atoms with Crippen LogP contribution >= 0.6 is 0 Å². The molecule has 0 radical (unpaired) electrons. The third kappa shape index (κ3) is 4.65. The summed E-state index contributed by atoms with van der Waals surface area (Å²) in [5.41, 5.74) is -3.61. The molecule has 0 aromatic carbocycles. The molecule has 2 rings (SSSR count). The fraction of sp³-hybridized carbons (Fsp3) is 0.882. The number of alkyl halides is 6. The minimum atomic E-state index is -4.93. The molecule has 11 heteroatoms. The van der Waals surface area contributed by atoms with Gasteiger partial charge >= 0.3 is 18.4 Å². The predicted octanol–water partition coefficient (Wildman–Crippen LogP) is 3.98. The molecule has 0 aliphatic carbocycles. The summed E-state index contributed by atoms with van der Waals surface area (Å²) in [6.07, 6.45) is -12.1. The largest absolute Gasteiger partial charge is 0.444 e. The zero-order valence-corrected chi connectivity index (χ0v) is 15.9. The van der Waals surface area contributed by atoms with Crippen LogP contribution in [-0.4, -0.2) is 65.9 Å². The van der Waals surface area contributed by atoms with Crippen LogP contribution in [0.4, 0.5) is 31.1 Å². The number of ether oxygens (including phenoxy) is 1. The van der Waals surface area contributed by atoms with E-state index in [-0.39, 0.29) is 19.6 Å². The van der Waals surface area contributed by atoms with E-state index in [1.165, 1.54) is 0 Å². The second kappa shape index (κ2) is 7.29. The normalized spacial score (nSPS) is 23.7. The molecular weight excluding hydrogens is 394 g/mol. The summed E-state index contributed by atoms with van der Waals surface area (Å²) >= 11 is 0. The van der Waals surface area contributed by atoms with Crippen molar-refractivity contribution < 1.29 is 40.7 Å². The molecule has 0 N–H and O–H groups in total. The molecule has 0 aromatic rings. The molecule has 0 unspecified atom stereocenters. The van der Waals surface area contributed by atoms with Crippen molar-refractivity contribution in [1.82, 2.24) is 9.80 Å². The van der Waals surface area contributed by atoms with Gasteiger partial charge in [-0.15, -0.1) is 0 Å². The zero-order valence-electron chi connectivity index (χ0n) is 15.9. The standard InChI is InChI=1S/C17H24F6N2O3/c1-14(2,3)28-13(27)24-8-5-15(6-9-24,17(21,22)23)12(26)25-7-4-11(10-25)16(18,19)20/h11H,4-10H2,1-3H3/t11-/m1/s1. The molecule has 0 saturated carbocycles. The summed E-state index contributed by atoms with van der Waals surface area (Å²) in [4.78, 5) is 26.5. The molecule has 0 bridgehead atoms. The maximum atomic E-state index is 13.8. The van der Waals surface area contributed by atoms with Gasteiger partial charge in [-0.05, 0) is 40.0 Å². The molecule has 2 saturated heterocycles. The molecule has 2 heterocycles. The van der Waals surface area contributed by atoms with Crippen LogP contribution in [-0.2, 0) is 9.53 Å². The van der Waals surface area contributed by atoms with Crippen LogP contribution in [0.5, 0.6) is 0 Å². The Hall–Kier alpha value is -1.68. The van der Waals surface area contributed by atoms with Gasteiger partial charge in [-0.25, -0.2) is 4.79 Å². The first kappa shape index (κ1) is 22.6. The second-order valence-electron chi connectivity index (χ2n) is 8.33. The second-order valence-corrected chi connectivity index (χ2v) is 8.33. The number of hydrogen-bond donors (Lipinski definition) is 0. The van der Waals surface area contributed by atoms with Crippen molar-refractivity contribution in [2.75, 3.05) is 26.2 Å². The average molecular weight is 418 g/mol. The van der Waals surface area contributed by atoms with E-state index >= 15 is 0 Å². The first-order valence-electron chi connectivity index (χ1n) is 8.97. The number of carbonyl (C=O) groups excluding carboxylic acids is 2. The van der Waals surface area contributed by atoms with Crippen molar-refractivity contribution in [2.45, 2.75) is 58.0 Å². The van der Waals surface area contributed by atoms with Gasteiger partial charge in [0.25, 0.3) is 0 Å². The van der Waals surface area contributed by atoms with Gasteiger partial charge < -0.3 is 14.5 Å². The van der Waals surface area contributed by atoms with Gasteiger partial charge in [-0.3, -0.25) is 4.79 Å². The van der Waals surface area contributed by atoms with Crippen molar-refractivity contribution in [3.05, 3.63) is 0 Å². The molecule has 162 valence electrons. The molecule has 5 nitrogen and oxygen atoms in total. The third-order valence-electron chi connectivity index (χ3n) is 5.16. The van der Waals surface area contributed by atoms with Crippen molar-refractivity contribution in [1.29, 1.82) is 0 Å². The number of halogens is 6. The van der Waals surface area contributed by atoms with Crippen LogP contribution in [0.25, 0.3) is 0 Å². The van der Waals surface area contributed by atoms with Crippen molar-refractivity contribution in [2.24, 2.45) is 11.3 Å². The Bertz CT molecular complexity index is 603. The summed E-state index contributed by atoms with van der Waals surface area (Å²) in [6.45, 7) is 2.98. The summed E-state index contributed by atoms with van der Waals surface area (Å²) in [5.74, 6) is -3.15. The Kier molecular flexibility index (Phi) is 5.89. The smallest absolute Gasteiger partial charge is 0.410 e. The maximum absolute atomic E-state index is 13.8. The first-order chi connectivity index (χ1) is 12.6. The van der Waals surface area contributed by atoms with E-state index in [1.807, 2.05) is 0 Å². The maximum Gasteiger partial charge on any atom is 0.410 e. The minimum Gasteiger partial charge on any atom is -0.444 e. The minimum absolute atomic E-state index is 0.364. The molecule has 2 fully saturated rings. The Morgan fingerprint density at radius 3 is 1.86 bits per heavy atom.